The largest absolute Gasteiger partial charge is 1.00 e. The van der Waals surface area contributed by atoms with Gasteiger partial charge >= 0.3 is 5.82 Å². The van der Waals surface area contributed by atoms with Crippen LogP contribution < -0.4 is 17.0 Å². The van der Waals surface area contributed by atoms with Crippen molar-refractivity contribution in [1.29, 1.82) is 0 Å². The van der Waals surface area contributed by atoms with E-state index in [0.717, 1.165) is 0 Å². The summed E-state index contributed by atoms with van der Waals surface area (Å²) >= 11 is 0. The van der Waals surface area contributed by atoms with Crippen molar-refractivity contribution >= 4 is 6.21 Å². The molecule has 0 aliphatic carbocycles. The summed E-state index contributed by atoms with van der Waals surface area (Å²) in [5, 5.41) is 15.7. The van der Waals surface area contributed by atoms with Gasteiger partial charge < -0.3 is 17.6 Å². The van der Waals surface area contributed by atoms with Gasteiger partial charge in [0.25, 0.3) is 0 Å². The highest BCUT2D eigenvalue weighted by Crippen LogP contribution is 2.00. The first kappa shape index (κ1) is 13.2. The molecule has 0 saturated heterocycles. The number of halogens is 1. The summed E-state index contributed by atoms with van der Waals surface area (Å²) in [6, 6.07) is 10.1. The second-order valence-electron chi connectivity index (χ2n) is 3.51. The van der Waals surface area contributed by atoms with Crippen LogP contribution in [0.25, 0.3) is 0 Å². The monoisotopic (exact) mass is 252 g/mol. The van der Waals surface area contributed by atoms with E-state index in [4.69, 9.17) is 5.21 Å². The van der Waals surface area contributed by atoms with E-state index in [2.05, 4.69) is 10.3 Å². The third kappa shape index (κ3) is 3.29. The van der Waals surface area contributed by atoms with Crippen LogP contribution in [0.15, 0.2) is 41.8 Å². The van der Waals surface area contributed by atoms with Crippen LogP contribution in [-0.4, -0.2) is 21.2 Å². The molecule has 1 aromatic carbocycles. The van der Waals surface area contributed by atoms with Gasteiger partial charge in [-0.05, 0) is 5.56 Å². The molecule has 0 fully saturated rings. The fraction of sp³-hybridized carbons (Fsp3) is 0.182. The van der Waals surface area contributed by atoms with Crippen LogP contribution in [0.3, 0.4) is 0 Å². The maximum Gasteiger partial charge on any atom is 0.323 e. The number of aromatic nitrogens is 3. The van der Waals surface area contributed by atoms with Gasteiger partial charge in [0.05, 0.1) is 7.05 Å². The fourth-order valence-electron chi connectivity index (χ4n) is 1.50. The minimum absolute atomic E-state index is 0. The van der Waals surface area contributed by atoms with E-state index in [9.17, 15) is 0 Å². The highest BCUT2D eigenvalue weighted by Gasteiger charge is 2.11. The van der Waals surface area contributed by atoms with Gasteiger partial charge in [0, 0.05) is 5.10 Å². The van der Waals surface area contributed by atoms with Crippen molar-refractivity contribution in [3.05, 3.63) is 48.0 Å². The van der Waals surface area contributed by atoms with Crippen LogP contribution in [-0.2, 0) is 13.6 Å². The topological polar surface area (TPSA) is 54.3 Å². The standard InChI is InChI=1S/C11H12N4O.ClH/c1-14-9-15(13-11(14)7-12-16)8-10-5-3-2-4-6-10;/h2-7,9H,8H2,1H3;1H. The van der Waals surface area contributed by atoms with Crippen molar-refractivity contribution in [3.63, 3.8) is 0 Å². The van der Waals surface area contributed by atoms with Crippen molar-refractivity contribution in [2.75, 3.05) is 0 Å². The minimum atomic E-state index is 0. The Morgan fingerprint density at radius 2 is 2.12 bits per heavy atom. The smallest absolute Gasteiger partial charge is 0.323 e. The predicted octanol–water partition coefficient (Wildman–Crippen LogP) is -2.43. The molecule has 1 heterocycles. The highest BCUT2D eigenvalue weighted by atomic mass is 35.5. The van der Waals surface area contributed by atoms with E-state index in [0.29, 0.717) is 12.4 Å². The van der Waals surface area contributed by atoms with E-state index in [1.54, 1.807) is 9.25 Å². The lowest BCUT2D eigenvalue weighted by molar-refractivity contribution is -0.673. The molecule has 90 valence electrons. The molecule has 6 heteroatoms. The van der Waals surface area contributed by atoms with E-state index < -0.39 is 0 Å². The van der Waals surface area contributed by atoms with Crippen molar-refractivity contribution in [3.8, 4) is 0 Å². The summed E-state index contributed by atoms with van der Waals surface area (Å²) in [4.78, 5) is 0. The summed E-state index contributed by atoms with van der Waals surface area (Å²) in [5.74, 6) is 0.610. The van der Waals surface area contributed by atoms with Crippen LogP contribution in [0.2, 0.25) is 0 Å². The zero-order valence-electron chi connectivity index (χ0n) is 9.36. The van der Waals surface area contributed by atoms with Crippen LogP contribution in [0.5, 0.6) is 0 Å². The molecule has 0 amide bonds. The SMILES string of the molecule is C[n+]1cn(Cc2ccccc2)nc1C=NO.[Cl-]. The molecule has 0 radical (unpaired) electrons. The minimum Gasteiger partial charge on any atom is -1.00 e. The Morgan fingerprint density at radius 3 is 2.76 bits per heavy atom. The first-order valence-corrected chi connectivity index (χ1v) is 4.94. The van der Waals surface area contributed by atoms with Crippen molar-refractivity contribution < 1.29 is 22.2 Å². The number of benzene rings is 1. The lowest BCUT2D eigenvalue weighted by Gasteiger charge is -1.93. The molecule has 0 bridgehead atoms. The average molecular weight is 253 g/mol. The maximum atomic E-state index is 8.45. The molecule has 1 N–H and O–H groups in total. The highest BCUT2D eigenvalue weighted by molar-refractivity contribution is 5.71. The van der Waals surface area contributed by atoms with E-state index >= 15 is 0 Å². The Bertz CT molecular complexity index is 495. The zero-order valence-corrected chi connectivity index (χ0v) is 10.1. The summed E-state index contributed by atoms with van der Waals surface area (Å²) < 4.78 is 3.59. The summed E-state index contributed by atoms with van der Waals surface area (Å²) in [6.07, 6.45) is 3.16. The zero-order chi connectivity index (χ0) is 11.4. The molecule has 5 nitrogen and oxygen atoms in total. The second kappa shape index (κ2) is 6.00. The molecule has 0 spiro atoms. The summed E-state index contributed by atoms with van der Waals surface area (Å²) in [7, 11) is 1.85. The molecule has 1 aromatic heterocycles. The van der Waals surface area contributed by atoms with E-state index in [1.165, 1.54) is 11.8 Å². The van der Waals surface area contributed by atoms with Crippen molar-refractivity contribution in [1.82, 2.24) is 9.78 Å². The van der Waals surface area contributed by atoms with Gasteiger partial charge in [0.2, 0.25) is 6.33 Å². The average Bonchev–Trinajstić information content (AvgIpc) is 2.61. The lowest BCUT2D eigenvalue weighted by atomic mass is 10.2. The van der Waals surface area contributed by atoms with Gasteiger partial charge in [-0.15, -0.1) is 4.68 Å². The quantitative estimate of drug-likeness (QED) is 0.286. The van der Waals surface area contributed by atoms with Crippen molar-refractivity contribution in [2.24, 2.45) is 12.2 Å². The first-order valence-electron chi connectivity index (χ1n) is 4.94. The van der Waals surface area contributed by atoms with Gasteiger partial charge in [0.15, 0.2) is 0 Å². The number of hydrogen-bond acceptors (Lipinski definition) is 3. The Hall–Kier alpha value is -1.88. The lowest BCUT2D eigenvalue weighted by Crippen LogP contribution is -3.00. The van der Waals surface area contributed by atoms with Crippen LogP contribution in [0.4, 0.5) is 0 Å². The van der Waals surface area contributed by atoms with E-state index in [-0.39, 0.29) is 12.4 Å². The molecule has 2 aromatic rings. The molecule has 0 atom stereocenters. The normalized spacial score (nSPS) is 10.4. The number of hydrogen-bond donors (Lipinski definition) is 1. The number of nitrogens with zero attached hydrogens (tertiary/aromatic N) is 4. The molecular formula is C11H13ClN4O. The molecule has 0 aliphatic rings. The molecule has 2 rings (SSSR count). The Kier molecular flexibility index (Phi) is 4.66. The van der Waals surface area contributed by atoms with Gasteiger partial charge in [0.1, 0.15) is 12.8 Å². The Morgan fingerprint density at radius 1 is 1.41 bits per heavy atom. The maximum absolute atomic E-state index is 8.45. The third-order valence-electron chi connectivity index (χ3n) is 2.26. The van der Waals surface area contributed by atoms with Crippen LogP contribution >= 0.6 is 0 Å². The van der Waals surface area contributed by atoms with Crippen molar-refractivity contribution in [2.45, 2.75) is 6.54 Å². The predicted molar refractivity (Wildman–Crippen MR) is 58.3 cm³/mol. The van der Waals surface area contributed by atoms with Gasteiger partial charge in [-0.25, -0.2) is 4.57 Å². The number of rotatable bonds is 3. The number of oxime groups is 1. The fourth-order valence-corrected chi connectivity index (χ4v) is 1.50. The molecule has 17 heavy (non-hydrogen) atoms. The number of aryl methyl sites for hydroxylation is 1. The Labute approximate surface area is 105 Å². The molecular weight excluding hydrogens is 240 g/mol. The molecule has 0 saturated carbocycles. The van der Waals surface area contributed by atoms with Gasteiger partial charge in [-0.2, -0.15) is 0 Å². The third-order valence-corrected chi connectivity index (χ3v) is 2.26. The van der Waals surface area contributed by atoms with Crippen LogP contribution in [0.1, 0.15) is 11.4 Å². The summed E-state index contributed by atoms with van der Waals surface area (Å²) in [6.45, 7) is 0.702. The Balaban J connectivity index is 0.00000144. The first-order chi connectivity index (χ1) is 7.79. The van der Waals surface area contributed by atoms with E-state index in [1.807, 2.05) is 43.7 Å². The molecule has 0 aliphatic heterocycles. The van der Waals surface area contributed by atoms with Crippen LogP contribution in [0, 0.1) is 0 Å². The second-order valence-corrected chi connectivity index (χ2v) is 3.51. The van der Waals surface area contributed by atoms with Gasteiger partial charge in [-0.3, -0.25) is 0 Å². The molecule has 0 unspecified atom stereocenters. The summed E-state index contributed by atoms with van der Waals surface area (Å²) in [5.41, 5.74) is 1.18. The van der Waals surface area contributed by atoms with Gasteiger partial charge in [-0.1, -0.05) is 35.5 Å².